The molecular formula is C8H12O4. The van der Waals surface area contributed by atoms with Gasteiger partial charge >= 0.3 is 11.9 Å². The van der Waals surface area contributed by atoms with Gasteiger partial charge in [-0.15, -0.1) is 0 Å². The van der Waals surface area contributed by atoms with Gasteiger partial charge in [-0.2, -0.15) is 0 Å². The predicted octanol–water partition coefficient (Wildman–Crippen LogP) is 0.804. The minimum Gasteiger partial charge on any atom is -0.480 e. The van der Waals surface area contributed by atoms with Gasteiger partial charge in [0.05, 0.1) is 6.61 Å². The maximum absolute atomic E-state index is 11.2. The maximum Gasteiger partial charge on any atom is 0.323 e. The van der Waals surface area contributed by atoms with Gasteiger partial charge in [-0.3, -0.25) is 9.59 Å². The highest BCUT2D eigenvalue weighted by Gasteiger charge is 2.52. The fraction of sp³-hybridized carbons (Fsp3) is 0.750. The van der Waals surface area contributed by atoms with Gasteiger partial charge in [0.2, 0.25) is 0 Å². The average Bonchev–Trinajstić information content (AvgIpc) is 1.83. The highest BCUT2D eigenvalue weighted by Crippen LogP contribution is 2.42. The van der Waals surface area contributed by atoms with Crippen LogP contribution in [0.4, 0.5) is 0 Å². The molecule has 68 valence electrons. The number of carbonyl (C=O) groups is 2. The third kappa shape index (κ3) is 1.17. The third-order valence-electron chi connectivity index (χ3n) is 2.28. The lowest BCUT2D eigenvalue weighted by Gasteiger charge is -2.34. The lowest BCUT2D eigenvalue weighted by atomic mass is 9.69. The molecule has 0 aromatic carbocycles. The van der Waals surface area contributed by atoms with E-state index >= 15 is 0 Å². The summed E-state index contributed by atoms with van der Waals surface area (Å²) in [4.78, 5) is 21.9. The Labute approximate surface area is 70.5 Å². The molecule has 1 saturated carbocycles. The lowest BCUT2D eigenvalue weighted by molar-refractivity contribution is -0.175. The summed E-state index contributed by atoms with van der Waals surface area (Å²) in [5.41, 5.74) is -1.21. The summed E-state index contributed by atoms with van der Waals surface area (Å²) in [6, 6.07) is 0. The molecule has 0 aliphatic heterocycles. The third-order valence-corrected chi connectivity index (χ3v) is 2.28. The molecule has 1 N–H and O–H groups in total. The summed E-state index contributed by atoms with van der Waals surface area (Å²) in [6.07, 6.45) is 1.63. The van der Waals surface area contributed by atoms with Crippen LogP contribution in [-0.2, 0) is 14.3 Å². The number of carbonyl (C=O) groups excluding carboxylic acids is 1. The molecule has 0 atom stereocenters. The summed E-state index contributed by atoms with van der Waals surface area (Å²) in [5.74, 6) is -1.63. The van der Waals surface area contributed by atoms with Gasteiger partial charge in [0.1, 0.15) is 0 Å². The Bertz CT molecular complexity index is 205. The molecule has 0 heterocycles. The van der Waals surface area contributed by atoms with Gasteiger partial charge in [-0.25, -0.2) is 0 Å². The van der Waals surface area contributed by atoms with Crippen LogP contribution in [0.25, 0.3) is 0 Å². The number of hydrogen-bond donors (Lipinski definition) is 1. The minimum absolute atomic E-state index is 0.244. The van der Waals surface area contributed by atoms with Crippen molar-refractivity contribution in [2.24, 2.45) is 5.41 Å². The number of esters is 1. The molecule has 0 saturated heterocycles. The highest BCUT2D eigenvalue weighted by molar-refractivity contribution is 6.00. The Hall–Kier alpha value is -1.06. The number of rotatable bonds is 3. The van der Waals surface area contributed by atoms with Crippen LogP contribution in [0.1, 0.15) is 26.2 Å². The number of carboxylic acids is 1. The summed E-state index contributed by atoms with van der Waals surface area (Å²) in [5, 5.41) is 8.78. The van der Waals surface area contributed by atoms with Crippen LogP contribution in [0.2, 0.25) is 0 Å². The minimum atomic E-state index is -1.21. The molecule has 1 rings (SSSR count). The van der Waals surface area contributed by atoms with Gasteiger partial charge in [-0.1, -0.05) is 0 Å². The van der Waals surface area contributed by atoms with E-state index in [1.165, 1.54) is 0 Å². The first kappa shape index (κ1) is 9.03. The molecule has 0 radical (unpaired) electrons. The second-order valence-electron chi connectivity index (χ2n) is 2.96. The second kappa shape index (κ2) is 3.13. The average molecular weight is 172 g/mol. The molecule has 0 spiro atoms. The van der Waals surface area contributed by atoms with E-state index in [0.29, 0.717) is 12.8 Å². The predicted molar refractivity (Wildman–Crippen MR) is 40.6 cm³/mol. The summed E-state index contributed by atoms with van der Waals surface area (Å²) >= 11 is 0. The van der Waals surface area contributed by atoms with Gasteiger partial charge in [0.25, 0.3) is 0 Å². The first-order valence-corrected chi connectivity index (χ1v) is 4.04. The van der Waals surface area contributed by atoms with E-state index in [9.17, 15) is 9.59 Å². The molecular weight excluding hydrogens is 160 g/mol. The molecule has 1 fully saturated rings. The molecule has 0 amide bonds. The van der Waals surface area contributed by atoms with Crippen LogP contribution >= 0.6 is 0 Å². The Morgan fingerprint density at radius 1 is 1.50 bits per heavy atom. The normalized spacial score (nSPS) is 19.4. The Morgan fingerprint density at radius 2 is 2.08 bits per heavy atom. The van der Waals surface area contributed by atoms with Crippen LogP contribution in [0, 0.1) is 5.41 Å². The summed E-state index contributed by atoms with van der Waals surface area (Å²) in [6.45, 7) is 1.92. The number of carboxylic acid groups (broad SMARTS) is 1. The molecule has 0 bridgehead atoms. The van der Waals surface area contributed by atoms with Gasteiger partial charge < -0.3 is 9.84 Å². The van der Waals surface area contributed by atoms with Crippen molar-refractivity contribution in [1.82, 2.24) is 0 Å². The number of ether oxygens (including phenoxy) is 1. The van der Waals surface area contributed by atoms with E-state index < -0.39 is 17.4 Å². The SMILES string of the molecule is CCOC(=O)C1(C(=O)O)CCC1. The molecule has 0 aromatic rings. The standard InChI is InChI=1S/C8H12O4/c1-2-12-7(11)8(6(9)10)4-3-5-8/h2-5H2,1H3,(H,9,10). The van der Waals surface area contributed by atoms with Gasteiger partial charge in [-0.05, 0) is 26.2 Å². The van der Waals surface area contributed by atoms with Crippen molar-refractivity contribution in [2.45, 2.75) is 26.2 Å². The second-order valence-corrected chi connectivity index (χ2v) is 2.96. The molecule has 1 aliphatic rings. The highest BCUT2D eigenvalue weighted by atomic mass is 16.5. The van der Waals surface area contributed by atoms with Crippen LogP contribution in [-0.4, -0.2) is 23.7 Å². The fourth-order valence-electron chi connectivity index (χ4n) is 1.30. The molecule has 4 heteroatoms. The smallest absolute Gasteiger partial charge is 0.323 e. The van der Waals surface area contributed by atoms with Crippen molar-refractivity contribution in [2.75, 3.05) is 6.61 Å². The van der Waals surface area contributed by atoms with Crippen molar-refractivity contribution in [1.29, 1.82) is 0 Å². The van der Waals surface area contributed by atoms with Crippen molar-refractivity contribution in [3.63, 3.8) is 0 Å². The first-order chi connectivity index (χ1) is 5.63. The zero-order valence-electron chi connectivity index (χ0n) is 7.00. The zero-order chi connectivity index (χ0) is 9.19. The van der Waals surface area contributed by atoms with Crippen molar-refractivity contribution < 1.29 is 19.4 Å². The fourth-order valence-corrected chi connectivity index (χ4v) is 1.30. The van der Waals surface area contributed by atoms with E-state index in [-0.39, 0.29) is 6.61 Å². The monoisotopic (exact) mass is 172 g/mol. The molecule has 1 aliphatic carbocycles. The van der Waals surface area contributed by atoms with Crippen molar-refractivity contribution in [3.8, 4) is 0 Å². The van der Waals surface area contributed by atoms with E-state index in [1.54, 1.807) is 6.92 Å². The van der Waals surface area contributed by atoms with Crippen LogP contribution in [0.15, 0.2) is 0 Å². The van der Waals surface area contributed by atoms with Crippen LogP contribution in [0.5, 0.6) is 0 Å². The number of aliphatic carboxylic acids is 1. The topological polar surface area (TPSA) is 63.6 Å². The Kier molecular flexibility index (Phi) is 2.35. The van der Waals surface area contributed by atoms with E-state index in [1.807, 2.05) is 0 Å². The molecule has 0 unspecified atom stereocenters. The first-order valence-electron chi connectivity index (χ1n) is 4.04. The van der Waals surface area contributed by atoms with E-state index in [4.69, 9.17) is 9.84 Å². The van der Waals surface area contributed by atoms with Crippen LogP contribution in [0.3, 0.4) is 0 Å². The largest absolute Gasteiger partial charge is 0.480 e. The molecule has 12 heavy (non-hydrogen) atoms. The van der Waals surface area contributed by atoms with E-state index in [0.717, 1.165) is 6.42 Å². The molecule has 0 aromatic heterocycles. The number of hydrogen-bond acceptors (Lipinski definition) is 3. The summed E-state index contributed by atoms with van der Waals surface area (Å²) < 4.78 is 4.69. The van der Waals surface area contributed by atoms with Crippen molar-refractivity contribution >= 4 is 11.9 Å². The Balaban J connectivity index is 2.67. The van der Waals surface area contributed by atoms with E-state index in [2.05, 4.69) is 0 Å². The van der Waals surface area contributed by atoms with Crippen molar-refractivity contribution in [3.05, 3.63) is 0 Å². The zero-order valence-corrected chi connectivity index (χ0v) is 7.00. The quantitative estimate of drug-likeness (QED) is 0.505. The maximum atomic E-state index is 11.2. The summed E-state index contributed by atoms with van der Waals surface area (Å²) in [7, 11) is 0. The lowest BCUT2D eigenvalue weighted by Crippen LogP contribution is -2.46. The van der Waals surface area contributed by atoms with Gasteiger partial charge in [0, 0.05) is 0 Å². The van der Waals surface area contributed by atoms with Gasteiger partial charge in [0.15, 0.2) is 5.41 Å². The molecule has 4 nitrogen and oxygen atoms in total. The van der Waals surface area contributed by atoms with Crippen LogP contribution < -0.4 is 0 Å². The Morgan fingerprint density at radius 3 is 2.33 bits per heavy atom.